The fourth-order valence-corrected chi connectivity index (χ4v) is 3.70. The van der Waals surface area contributed by atoms with Crippen molar-refractivity contribution >= 4 is 0 Å². The summed E-state index contributed by atoms with van der Waals surface area (Å²) in [6.07, 6.45) is 8.54. The molecule has 3 atom stereocenters. The van der Waals surface area contributed by atoms with Gasteiger partial charge in [-0.15, -0.1) is 0 Å². The van der Waals surface area contributed by atoms with E-state index in [4.69, 9.17) is 0 Å². The van der Waals surface area contributed by atoms with E-state index in [9.17, 15) is 5.26 Å². The SMILES string of the molecule is CCC1CCCN(C2CCCC(C#N)(NC)C2)C1. The Labute approximate surface area is 112 Å². The molecule has 0 bridgehead atoms. The highest BCUT2D eigenvalue weighted by Crippen LogP contribution is 2.33. The van der Waals surface area contributed by atoms with Crippen LogP contribution in [-0.4, -0.2) is 36.6 Å². The maximum Gasteiger partial charge on any atom is 0.108 e. The van der Waals surface area contributed by atoms with Gasteiger partial charge in [-0.1, -0.05) is 13.3 Å². The lowest BCUT2D eigenvalue weighted by Gasteiger charge is -2.44. The van der Waals surface area contributed by atoms with Crippen molar-refractivity contribution in [3.8, 4) is 6.07 Å². The molecule has 2 aliphatic rings. The normalized spacial score (nSPS) is 38.3. The van der Waals surface area contributed by atoms with Crippen molar-refractivity contribution in [3.05, 3.63) is 0 Å². The molecule has 0 amide bonds. The molecule has 0 aromatic rings. The maximum atomic E-state index is 9.42. The third-order valence-corrected chi connectivity index (χ3v) is 5.06. The lowest BCUT2D eigenvalue weighted by atomic mass is 9.78. The quantitative estimate of drug-likeness (QED) is 0.835. The number of rotatable bonds is 3. The van der Waals surface area contributed by atoms with Gasteiger partial charge in [-0.05, 0) is 58.0 Å². The van der Waals surface area contributed by atoms with E-state index in [1.807, 2.05) is 7.05 Å². The largest absolute Gasteiger partial charge is 0.302 e. The molecule has 2 fully saturated rings. The third-order valence-electron chi connectivity index (χ3n) is 5.06. The standard InChI is InChI=1S/C15H27N3/c1-3-13-6-5-9-18(11-13)14-7-4-8-15(10-14,12-16)17-2/h13-14,17H,3-11H2,1-2H3. The zero-order chi connectivity index (χ0) is 13.0. The van der Waals surface area contributed by atoms with Gasteiger partial charge in [-0.2, -0.15) is 5.26 Å². The van der Waals surface area contributed by atoms with Gasteiger partial charge in [0.2, 0.25) is 0 Å². The lowest BCUT2D eigenvalue weighted by molar-refractivity contribution is 0.0773. The van der Waals surface area contributed by atoms with Gasteiger partial charge in [0.15, 0.2) is 0 Å². The molecule has 0 radical (unpaired) electrons. The average molecular weight is 249 g/mol. The van der Waals surface area contributed by atoms with E-state index >= 15 is 0 Å². The summed E-state index contributed by atoms with van der Waals surface area (Å²) in [7, 11) is 1.94. The zero-order valence-electron chi connectivity index (χ0n) is 11.9. The predicted octanol–water partition coefficient (Wildman–Crippen LogP) is 2.53. The van der Waals surface area contributed by atoms with Crippen LogP contribution in [0.2, 0.25) is 0 Å². The minimum atomic E-state index is -0.262. The van der Waals surface area contributed by atoms with Gasteiger partial charge < -0.3 is 10.2 Å². The number of piperidine rings is 1. The number of likely N-dealkylation sites (tertiary alicyclic amines) is 1. The van der Waals surface area contributed by atoms with Gasteiger partial charge in [-0.25, -0.2) is 0 Å². The van der Waals surface area contributed by atoms with E-state index < -0.39 is 0 Å². The summed E-state index contributed by atoms with van der Waals surface area (Å²) in [4.78, 5) is 2.67. The van der Waals surface area contributed by atoms with Crippen LogP contribution in [0, 0.1) is 17.2 Å². The van der Waals surface area contributed by atoms with Crippen LogP contribution in [0.4, 0.5) is 0 Å². The van der Waals surface area contributed by atoms with Crippen molar-refractivity contribution in [2.45, 2.75) is 63.5 Å². The molecule has 3 unspecified atom stereocenters. The molecule has 1 saturated carbocycles. The van der Waals surface area contributed by atoms with E-state index in [0.29, 0.717) is 6.04 Å². The van der Waals surface area contributed by atoms with Crippen LogP contribution in [-0.2, 0) is 0 Å². The Balaban J connectivity index is 1.98. The molecule has 0 aromatic carbocycles. The molecule has 18 heavy (non-hydrogen) atoms. The van der Waals surface area contributed by atoms with E-state index in [-0.39, 0.29) is 5.54 Å². The summed E-state index contributed by atoms with van der Waals surface area (Å²) in [6.45, 7) is 4.81. The van der Waals surface area contributed by atoms with Crippen LogP contribution in [0.25, 0.3) is 0 Å². The van der Waals surface area contributed by atoms with E-state index in [0.717, 1.165) is 18.8 Å². The van der Waals surface area contributed by atoms with Crippen LogP contribution < -0.4 is 5.32 Å². The number of nitrogens with one attached hydrogen (secondary N) is 1. The lowest BCUT2D eigenvalue weighted by Crippen LogP contribution is -2.53. The third kappa shape index (κ3) is 2.87. The Bertz CT molecular complexity index is 309. The minimum Gasteiger partial charge on any atom is -0.302 e. The monoisotopic (exact) mass is 249 g/mol. The van der Waals surface area contributed by atoms with Gasteiger partial charge in [0.05, 0.1) is 6.07 Å². The van der Waals surface area contributed by atoms with Gasteiger partial charge in [-0.3, -0.25) is 0 Å². The Hall–Kier alpha value is -0.590. The molecule has 1 aliphatic carbocycles. The van der Waals surface area contributed by atoms with Crippen LogP contribution >= 0.6 is 0 Å². The first-order chi connectivity index (χ1) is 8.73. The van der Waals surface area contributed by atoms with Crippen LogP contribution in [0.1, 0.15) is 51.9 Å². The second-order valence-corrected chi connectivity index (χ2v) is 6.11. The second-order valence-electron chi connectivity index (χ2n) is 6.11. The first kappa shape index (κ1) is 13.8. The first-order valence-electron chi connectivity index (χ1n) is 7.57. The van der Waals surface area contributed by atoms with E-state index in [1.165, 1.54) is 45.2 Å². The van der Waals surface area contributed by atoms with Crippen LogP contribution in [0.15, 0.2) is 0 Å². The van der Waals surface area contributed by atoms with Crippen LogP contribution in [0.5, 0.6) is 0 Å². The highest BCUT2D eigenvalue weighted by molar-refractivity contribution is 5.10. The Kier molecular flexibility index (Phi) is 4.64. The molecule has 3 nitrogen and oxygen atoms in total. The van der Waals surface area contributed by atoms with Crippen molar-refractivity contribution in [2.75, 3.05) is 20.1 Å². The molecule has 1 saturated heterocycles. The molecule has 0 spiro atoms. The zero-order valence-corrected chi connectivity index (χ0v) is 11.9. The van der Waals surface area contributed by atoms with Crippen molar-refractivity contribution in [2.24, 2.45) is 5.92 Å². The fourth-order valence-electron chi connectivity index (χ4n) is 3.70. The second kappa shape index (κ2) is 6.04. The summed E-state index contributed by atoms with van der Waals surface area (Å²) in [5.41, 5.74) is -0.262. The number of hydrogen-bond donors (Lipinski definition) is 1. The molecule has 3 heteroatoms. The molecule has 1 N–H and O–H groups in total. The minimum absolute atomic E-state index is 0.262. The van der Waals surface area contributed by atoms with Gasteiger partial charge in [0.1, 0.15) is 5.54 Å². The molecule has 2 rings (SSSR count). The van der Waals surface area contributed by atoms with Crippen molar-refractivity contribution in [3.63, 3.8) is 0 Å². The van der Waals surface area contributed by atoms with Gasteiger partial charge in [0.25, 0.3) is 0 Å². The molecule has 1 heterocycles. The summed E-state index contributed by atoms with van der Waals surface area (Å²) in [5, 5.41) is 12.7. The summed E-state index contributed by atoms with van der Waals surface area (Å²) >= 11 is 0. The summed E-state index contributed by atoms with van der Waals surface area (Å²) in [6, 6.07) is 3.15. The maximum absolute atomic E-state index is 9.42. The molecular weight excluding hydrogens is 222 g/mol. The first-order valence-corrected chi connectivity index (χ1v) is 7.57. The van der Waals surface area contributed by atoms with Crippen molar-refractivity contribution in [1.82, 2.24) is 10.2 Å². The van der Waals surface area contributed by atoms with Crippen molar-refractivity contribution in [1.29, 1.82) is 5.26 Å². The fraction of sp³-hybridized carbons (Fsp3) is 0.933. The van der Waals surface area contributed by atoms with Gasteiger partial charge in [0, 0.05) is 12.6 Å². The average Bonchev–Trinajstić information content (AvgIpc) is 2.47. The molecule has 1 aliphatic heterocycles. The Morgan fingerprint density at radius 3 is 2.89 bits per heavy atom. The van der Waals surface area contributed by atoms with Crippen LogP contribution in [0.3, 0.4) is 0 Å². The van der Waals surface area contributed by atoms with E-state index in [2.05, 4.69) is 23.2 Å². The summed E-state index contributed by atoms with van der Waals surface area (Å²) in [5.74, 6) is 0.881. The topological polar surface area (TPSA) is 39.1 Å². The smallest absolute Gasteiger partial charge is 0.108 e. The molecule has 0 aromatic heterocycles. The Morgan fingerprint density at radius 2 is 2.22 bits per heavy atom. The van der Waals surface area contributed by atoms with Gasteiger partial charge >= 0.3 is 0 Å². The van der Waals surface area contributed by atoms with Crippen molar-refractivity contribution < 1.29 is 0 Å². The predicted molar refractivity (Wildman–Crippen MR) is 74.2 cm³/mol. The van der Waals surface area contributed by atoms with E-state index in [1.54, 1.807) is 0 Å². The molecular formula is C15H27N3. The highest BCUT2D eigenvalue weighted by Gasteiger charge is 2.38. The highest BCUT2D eigenvalue weighted by atomic mass is 15.2. The molecule has 102 valence electrons. The number of nitriles is 1. The number of hydrogen-bond acceptors (Lipinski definition) is 3. The Morgan fingerprint density at radius 1 is 1.39 bits per heavy atom. The number of nitrogens with zero attached hydrogens (tertiary/aromatic N) is 2. The summed E-state index contributed by atoms with van der Waals surface area (Å²) < 4.78 is 0.